The molecule has 1 unspecified atom stereocenters. The smallest absolute Gasteiger partial charge is 0.0546 e. The van der Waals surface area contributed by atoms with Gasteiger partial charge in [-0.15, -0.1) is 0 Å². The van der Waals surface area contributed by atoms with Crippen molar-refractivity contribution >= 4 is 0 Å². The van der Waals surface area contributed by atoms with Crippen molar-refractivity contribution < 1.29 is 0 Å². The molecule has 3 nitrogen and oxygen atoms in total. The summed E-state index contributed by atoms with van der Waals surface area (Å²) in [6, 6.07) is 0.395. The summed E-state index contributed by atoms with van der Waals surface area (Å²) in [7, 11) is 2.01. The second kappa shape index (κ2) is 3.88. The van der Waals surface area contributed by atoms with E-state index in [1.165, 1.54) is 24.1 Å². The highest BCUT2D eigenvalue weighted by Crippen LogP contribution is 2.44. The molecule has 1 aliphatic rings. The summed E-state index contributed by atoms with van der Waals surface area (Å²) in [5.74, 6) is 0.743. The van der Waals surface area contributed by atoms with E-state index < -0.39 is 0 Å². The Bertz CT molecular complexity index is 369. The lowest BCUT2D eigenvalue weighted by Gasteiger charge is -2.24. The zero-order valence-electron chi connectivity index (χ0n) is 11.0. The van der Waals surface area contributed by atoms with Crippen LogP contribution in [0.4, 0.5) is 0 Å². The molecule has 1 saturated carbocycles. The minimum atomic E-state index is 0.0869. The van der Waals surface area contributed by atoms with Gasteiger partial charge in [-0.25, -0.2) is 0 Å². The molecule has 1 fully saturated rings. The second-order valence-corrected chi connectivity index (χ2v) is 5.85. The molecule has 1 N–H and O–H groups in total. The molecule has 0 saturated heterocycles. The van der Waals surface area contributed by atoms with E-state index in [2.05, 4.69) is 42.8 Å². The average molecular weight is 221 g/mol. The molecule has 0 aromatic carbocycles. The lowest BCUT2D eigenvalue weighted by Crippen LogP contribution is -2.26. The van der Waals surface area contributed by atoms with Crippen molar-refractivity contribution in [2.75, 3.05) is 7.05 Å². The van der Waals surface area contributed by atoms with Gasteiger partial charge in [0.15, 0.2) is 0 Å². The molecular weight excluding hydrogens is 198 g/mol. The van der Waals surface area contributed by atoms with Gasteiger partial charge in [-0.3, -0.25) is 4.68 Å². The molecule has 1 heterocycles. The van der Waals surface area contributed by atoms with Crippen LogP contribution in [-0.4, -0.2) is 16.8 Å². The minimum Gasteiger partial charge on any atom is -0.313 e. The third-order valence-electron chi connectivity index (χ3n) is 3.34. The van der Waals surface area contributed by atoms with Crippen LogP contribution in [0.5, 0.6) is 0 Å². The van der Waals surface area contributed by atoms with E-state index in [9.17, 15) is 0 Å². The fraction of sp³-hybridized carbons (Fsp3) is 0.769. The van der Waals surface area contributed by atoms with Gasteiger partial charge in [0.25, 0.3) is 0 Å². The highest BCUT2D eigenvalue weighted by Gasteiger charge is 2.34. The molecule has 0 radical (unpaired) electrons. The van der Waals surface area contributed by atoms with Crippen LogP contribution in [0, 0.1) is 0 Å². The molecule has 0 spiro atoms. The molecule has 0 aliphatic heterocycles. The van der Waals surface area contributed by atoms with Crippen molar-refractivity contribution in [3.05, 3.63) is 17.5 Å². The molecule has 3 heteroatoms. The molecule has 16 heavy (non-hydrogen) atoms. The van der Waals surface area contributed by atoms with Crippen molar-refractivity contribution in [2.45, 2.75) is 58.0 Å². The van der Waals surface area contributed by atoms with Crippen LogP contribution in [0.15, 0.2) is 6.20 Å². The Labute approximate surface area is 98.2 Å². The highest BCUT2D eigenvalue weighted by atomic mass is 15.3. The Morgan fingerprint density at radius 2 is 2.06 bits per heavy atom. The fourth-order valence-electron chi connectivity index (χ4n) is 2.16. The first kappa shape index (κ1) is 11.6. The van der Waals surface area contributed by atoms with E-state index in [0.717, 1.165) is 5.92 Å². The van der Waals surface area contributed by atoms with Crippen molar-refractivity contribution in [1.82, 2.24) is 15.1 Å². The van der Waals surface area contributed by atoms with Gasteiger partial charge >= 0.3 is 0 Å². The first-order valence-corrected chi connectivity index (χ1v) is 6.20. The first-order chi connectivity index (χ1) is 7.45. The quantitative estimate of drug-likeness (QED) is 0.850. The van der Waals surface area contributed by atoms with Crippen LogP contribution in [0.25, 0.3) is 0 Å². The Kier molecular flexibility index (Phi) is 2.82. The Hall–Kier alpha value is -0.830. The number of rotatable bonds is 3. The standard InChI is InChI=1S/C13H23N3/c1-9(14-5)11-8-15-16(13(2,3)4)12(11)10-6-7-10/h8-10,14H,6-7H2,1-5H3. The first-order valence-electron chi connectivity index (χ1n) is 6.20. The van der Waals surface area contributed by atoms with Crippen molar-refractivity contribution in [3.8, 4) is 0 Å². The van der Waals surface area contributed by atoms with Crippen molar-refractivity contribution in [3.63, 3.8) is 0 Å². The highest BCUT2D eigenvalue weighted by molar-refractivity contribution is 5.29. The molecule has 0 bridgehead atoms. The third-order valence-corrected chi connectivity index (χ3v) is 3.34. The zero-order chi connectivity index (χ0) is 11.9. The van der Waals surface area contributed by atoms with Crippen LogP contribution in [0.1, 0.15) is 63.8 Å². The molecule has 1 aliphatic carbocycles. The summed E-state index contributed by atoms with van der Waals surface area (Å²) in [6.07, 6.45) is 4.69. The molecular formula is C13H23N3. The van der Waals surface area contributed by atoms with E-state index in [0.29, 0.717) is 6.04 Å². The van der Waals surface area contributed by atoms with E-state index in [1.807, 2.05) is 13.2 Å². The number of nitrogens with zero attached hydrogens (tertiary/aromatic N) is 2. The molecule has 90 valence electrons. The molecule has 1 aromatic rings. The lowest BCUT2D eigenvalue weighted by molar-refractivity contribution is 0.342. The minimum absolute atomic E-state index is 0.0869. The summed E-state index contributed by atoms with van der Waals surface area (Å²) in [5, 5.41) is 7.91. The van der Waals surface area contributed by atoms with Gasteiger partial charge in [0.1, 0.15) is 0 Å². The van der Waals surface area contributed by atoms with Gasteiger partial charge in [-0.05, 0) is 47.6 Å². The maximum Gasteiger partial charge on any atom is 0.0546 e. The van der Waals surface area contributed by atoms with Crippen LogP contribution < -0.4 is 5.32 Å². The number of nitrogens with one attached hydrogen (secondary N) is 1. The summed E-state index contributed by atoms with van der Waals surface area (Å²) >= 11 is 0. The molecule has 2 rings (SSSR count). The van der Waals surface area contributed by atoms with Gasteiger partial charge in [-0.2, -0.15) is 5.10 Å². The Balaban J connectivity index is 2.44. The summed E-state index contributed by atoms with van der Waals surface area (Å²) in [4.78, 5) is 0. The van der Waals surface area contributed by atoms with Gasteiger partial charge in [0.05, 0.1) is 11.7 Å². The van der Waals surface area contributed by atoms with E-state index in [4.69, 9.17) is 0 Å². The van der Waals surface area contributed by atoms with Crippen LogP contribution in [0.2, 0.25) is 0 Å². The van der Waals surface area contributed by atoms with Crippen molar-refractivity contribution in [1.29, 1.82) is 0 Å². The normalized spacial score (nSPS) is 18.8. The summed E-state index contributed by atoms with van der Waals surface area (Å²) in [6.45, 7) is 8.87. The maximum atomic E-state index is 4.59. The summed E-state index contributed by atoms with van der Waals surface area (Å²) in [5.41, 5.74) is 2.91. The second-order valence-electron chi connectivity index (χ2n) is 5.85. The number of aromatic nitrogens is 2. The van der Waals surface area contributed by atoms with Gasteiger partial charge < -0.3 is 5.32 Å². The number of hydrogen-bond acceptors (Lipinski definition) is 2. The predicted octanol–water partition coefficient (Wildman–Crippen LogP) is 2.80. The maximum absolute atomic E-state index is 4.59. The monoisotopic (exact) mass is 221 g/mol. The van der Waals surface area contributed by atoms with Crippen molar-refractivity contribution in [2.24, 2.45) is 0 Å². The van der Waals surface area contributed by atoms with E-state index in [1.54, 1.807) is 0 Å². The predicted molar refractivity (Wildman–Crippen MR) is 66.7 cm³/mol. The lowest BCUT2D eigenvalue weighted by atomic mass is 10.0. The van der Waals surface area contributed by atoms with Gasteiger partial charge in [0, 0.05) is 23.2 Å². The topological polar surface area (TPSA) is 29.9 Å². The molecule has 0 amide bonds. The van der Waals surface area contributed by atoms with Crippen LogP contribution in [-0.2, 0) is 5.54 Å². The zero-order valence-corrected chi connectivity index (χ0v) is 11.0. The average Bonchev–Trinajstić information content (AvgIpc) is 2.94. The Morgan fingerprint density at radius 3 is 2.50 bits per heavy atom. The van der Waals surface area contributed by atoms with Gasteiger partial charge in [-0.1, -0.05) is 0 Å². The van der Waals surface area contributed by atoms with Gasteiger partial charge in [0.2, 0.25) is 0 Å². The summed E-state index contributed by atoms with van der Waals surface area (Å²) < 4.78 is 2.22. The van der Waals surface area contributed by atoms with Crippen LogP contribution >= 0.6 is 0 Å². The van der Waals surface area contributed by atoms with E-state index in [-0.39, 0.29) is 5.54 Å². The Morgan fingerprint density at radius 1 is 1.44 bits per heavy atom. The SMILES string of the molecule is CNC(C)c1cnn(C(C)(C)C)c1C1CC1. The fourth-order valence-corrected chi connectivity index (χ4v) is 2.16. The van der Waals surface area contributed by atoms with Crippen LogP contribution in [0.3, 0.4) is 0 Å². The molecule has 1 atom stereocenters. The third kappa shape index (κ3) is 2.01. The molecule has 1 aromatic heterocycles. The van der Waals surface area contributed by atoms with E-state index >= 15 is 0 Å². The largest absolute Gasteiger partial charge is 0.313 e. The number of hydrogen-bond donors (Lipinski definition) is 1.